The largest absolute Gasteiger partial charge is 0.750 e. The lowest BCUT2D eigenvalue weighted by Crippen LogP contribution is -2.23. The molecule has 122 valence electrons. The third kappa shape index (κ3) is 3.55. The zero-order valence-corrected chi connectivity index (χ0v) is 13.7. The number of hydrogen-bond donors (Lipinski definition) is 0. The fourth-order valence-electron chi connectivity index (χ4n) is 2.69. The SMILES string of the molecule is CCc1ccc2c(c1)Oc1ccccc1N2CCCOS(=O)[O-]. The van der Waals surface area contributed by atoms with E-state index in [4.69, 9.17) is 4.74 Å². The molecule has 3 rings (SSSR count). The first-order valence-electron chi connectivity index (χ1n) is 7.59. The topological polar surface area (TPSA) is 61.8 Å². The van der Waals surface area contributed by atoms with E-state index in [1.807, 2.05) is 24.3 Å². The molecule has 1 aliphatic rings. The smallest absolute Gasteiger partial charge is 0.151 e. The molecule has 1 heterocycles. The van der Waals surface area contributed by atoms with Gasteiger partial charge in [-0.05, 0) is 42.7 Å². The highest BCUT2D eigenvalue weighted by atomic mass is 32.2. The van der Waals surface area contributed by atoms with Gasteiger partial charge in [-0.25, -0.2) is 4.21 Å². The predicted octanol–water partition coefficient (Wildman–Crippen LogP) is 3.69. The molecule has 0 amide bonds. The molecule has 1 aliphatic heterocycles. The highest BCUT2D eigenvalue weighted by molar-refractivity contribution is 7.74. The van der Waals surface area contributed by atoms with Gasteiger partial charge >= 0.3 is 0 Å². The summed E-state index contributed by atoms with van der Waals surface area (Å²) in [6.07, 6.45) is 1.54. The molecule has 0 bridgehead atoms. The molecule has 2 aromatic rings. The van der Waals surface area contributed by atoms with Crippen LogP contribution in [0.15, 0.2) is 42.5 Å². The molecule has 0 saturated carbocycles. The second-order valence-electron chi connectivity index (χ2n) is 5.26. The quantitative estimate of drug-likeness (QED) is 0.596. The summed E-state index contributed by atoms with van der Waals surface area (Å²) < 4.78 is 31.6. The molecule has 0 spiro atoms. The number of aryl methyl sites for hydroxylation is 1. The molecular formula is C17H18NO4S-. The number of rotatable bonds is 6. The van der Waals surface area contributed by atoms with E-state index in [1.165, 1.54) is 5.56 Å². The lowest BCUT2D eigenvalue weighted by molar-refractivity contribution is 0.297. The molecule has 5 nitrogen and oxygen atoms in total. The van der Waals surface area contributed by atoms with Gasteiger partial charge in [0, 0.05) is 6.54 Å². The summed E-state index contributed by atoms with van der Waals surface area (Å²) in [5.74, 6) is 1.64. The average molecular weight is 332 g/mol. The van der Waals surface area contributed by atoms with Crippen LogP contribution in [0.3, 0.4) is 0 Å². The third-order valence-electron chi connectivity index (χ3n) is 3.80. The second-order valence-corrected chi connectivity index (χ2v) is 5.90. The van der Waals surface area contributed by atoms with Crippen molar-refractivity contribution < 1.29 is 17.7 Å². The molecule has 0 fully saturated rings. The molecule has 23 heavy (non-hydrogen) atoms. The van der Waals surface area contributed by atoms with Gasteiger partial charge in [0.15, 0.2) is 11.5 Å². The Kier molecular flexibility index (Phi) is 4.95. The highest BCUT2D eigenvalue weighted by Gasteiger charge is 2.23. The van der Waals surface area contributed by atoms with Crippen molar-refractivity contribution in [3.8, 4) is 11.5 Å². The van der Waals surface area contributed by atoms with Gasteiger partial charge in [-0.15, -0.1) is 0 Å². The summed E-state index contributed by atoms with van der Waals surface area (Å²) in [5.41, 5.74) is 3.19. The maximum absolute atomic E-state index is 10.5. The lowest BCUT2D eigenvalue weighted by atomic mass is 10.1. The van der Waals surface area contributed by atoms with Gasteiger partial charge in [0.2, 0.25) is 0 Å². The number of ether oxygens (including phenoxy) is 1. The van der Waals surface area contributed by atoms with E-state index in [-0.39, 0.29) is 6.61 Å². The minimum absolute atomic E-state index is 0.165. The fraction of sp³-hybridized carbons (Fsp3) is 0.294. The van der Waals surface area contributed by atoms with Crippen LogP contribution in [-0.2, 0) is 22.0 Å². The summed E-state index contributed by atoms with van der Waals surface area (Å²) in [4.78, 5) is 2.14. The summed E-state index contributed by atoms with van der Waals surface area (Å²) in [6, 6.07) is 14.0. The van der Waals surface area contributed by atoms with E-state index in [1.54, 1.807) is 0 Å². The van der Waals surface area contributed by atoms with Crippen molar-refractivity contribution in [1.82, 2.24) is 0 Å². The minimum Gasteiger partial charge on any atom is -0.750 e. The van der Waals surface area contributed by atoms with Crippen molar-refractivity contribution in [3.63, 3.8) is 0 Å². The molecule has 1 unspecified atom stereocenters. The Bertz CT molecular complexity index is 719. The first kappa shape index (κ1) is 16.0. The van der Waals surface area contributed by atoms with Gasteiger partial charge in [-0.3, -0.25) is 0 Å². The van der Waals surface area contributed by atoms with E-state index in [2.05, 4.69) is 34.2 Å². The van der Waals surface area contributed by atoms with Gasteiger partial charge in [0.05, 0.1) is 29.3 Å². The first-order chi connectivity index (χ1) is 11.2. The van der Waals surface area contributed by atoms with Gasteiger partial charge < -0.3 is 18.4 Å². The van der Waals surface area contributed by atoms with E-state index < -0.39 is 11.4 Å². The van der Waals surface area contributed by atoms with Crippen LogP contribution in [0, 0.1) is 0 Å². The molecule has 0 saturated heterocycles. The van der Waals surface area contributed by atoms with Gasteiger partial charge in [0.25, 0.3) is 0 Å². The normalized spacial score (nSPS) is 13.9. The van der Waals surface area contributed by atoms with E-state index in [0.29, 0.717) is 13.0 Å². The number of anilines is 2. The van der Waals surface area contributed by atoms with Crippen LogP contribution < -0.4 is 9.64 Å². The van der Waals surface area contributed by atoms with Crippen molar-refractivity contribution >= 4 is 22.7 Å². The van der Waals surface area contributed by atoms with E-state index >= 15 is 0 Å². The molecule has 0 aliphatic carbocycles. The van der Waals surface area contributed by atoms with E-state index in [0.717, 1.165) is 29.3 Å². The third-order valence-corrected chi connectivity index (χ3v) is 4.16. The molecule has 0 N–H and O–H groups in total. The molecule has 0 radical (unpaired) electrons. The molecule has 6 heteroatoms. The Balaban J connectivity index is 1.86. The van der Waals surface area contributed by atoms with Crippen molar-refractivity contribution in [3.05, 3.63) is 48.0 Å². The first-order valence-corrected chi connectivity index (χ1v) is 8.59. The van der Waals surface area contributed by atoms with Crippen LogP contribution in [0.4, 0.5) is 11.4 Å². The van der Waals surface area contributed by atoms with Gasteiger partial charge in [-0.1, -0.05) is 25.1 Å². The second kappa shape index (κ2) is 7.12. The number of fused-ring (bicyclic) bond motifs is 2. The Labute approximate surface area is 138 Å². The van der Waals surface area contributed by atoms with Crippen LogP contribution in [0.25, 0.3) is 0 Å². The predicted molar refractivity (Wildman–Crippen MR) is 88.8 cm³/mol. The van der Waals surface area contributed by atoms with Crippen molar-refractivity contribution in [2.45, 2.75) is 19.8 Å². The van der Waals surface area contributed by atoms with Crippen LogP contribution in [0.5, 0.6) is 11.5 Å². The number of nitrogens with zero attached hydrogens (tertiary/aromatic N) is 1. The Morgan fingerprint density at radius 2 is 1.96 bits per heavy atom. The summed E-state index contributed by atoms with van der Waals surface area (Å²) in [7, 11) is 0. The molecule has 0 aromatic heterocycles. The van der Waals surface area contributed by atoms with Gasteiger partial charge in [-0.2, -0.15) is 0 Å². The Hall–Kier alpha value is -1.89. The number of benzene rings is 2. The van der Waals surface area contributed by atoms with Gasteiger partial charge in [0.1, 0.15) is 0 Å². The Morgan fingerprint density at radius 3 is 2.74 bits per heavy atom. The standard InChI is InChI=1S/C17H19NO4S/c1-2-13-8-9-15-17(12-13)22-16-7-4-3-6-14(16)18(15)10-5-11-21-23(19)20/h3-4,6-9,12H,2,5,10-11H2,1H3,(H,19,20)/p-1. The minimum atomic E-state index is -2.46. The molecule has 1 atom stereocenters. The van der Waals surface area contributed by atoms with Crippen LogP contribution in [-0.4, -0.2) is 21.9 Å². The van der Waals surface area contributed by atoms with Crippen molar-refractivity contribution in [2.75, 3.05) is 18.1 Å². The van der Waals surface area contributed by atoms with Crippen LogP contribution >= 0.6 is 0 Å². The number of para-hydroxylation sites is 2. The molecule has 2 aromatic carbocycles. The summed E-state index contributed by atoms with van der Waals surface area (Å²) >= 11 is -2.46. The average Bonchev–Trinajstić information content (AvgIpc) is 2.56. The number of hydrogen-bond acceptors (Lipinski definition) is 5. The van der Waals surface area contributed by atoms with E-state index in [9.17, 15) is 8.76 Å². The van der Waals surface area contributed by atoms with Crippen LogP contribution in [0.1, 0.15) is 18.9 Å². The Morgan fingerprint density at radius 1 is 1.17 bits per heavy atom. The highest BCUT2D eigenvalue weighted by Crippen LogP contribution is 2.46. The zero-order valence-electron chi connectivity index (χ0n) is 12.9. The van der Waals surface area contributed by atoms with Crippen LogP contribution in [0.2, 0.25) is 0 Å². The lowest BCUT2D eigenvalue weighted by Gasteiger charge is -2.33. The van der Waals surface area contributed by atoms with Crippen molar-refractivity contribution in [2.24, 2.45) is 0 Å². The van der Waals surface area contributed by atoms with Crippen molar-refractivity contribution in [1.29, 1.82) is 0 Å². The summed E-state index contributed by atoms with van der Waals surface area (Å²) in [5, 5.41) is 0. The maximum Gasteiger partial charge on any atom is 0.151 e. The summed E-state index contributed by atoms with van der Waals surface area (Å²) in [6.45, 7) is 2.92. The maximum atomic E-state index is 10.5. The molecular weight excluding hydrogens is 314 g/mol. The zero-order chi connectivity index (χ0) is 16.2. The fourth-order valence-corrected chi connectivity index (χ4v) is 2.94. The monoisotopic (exact) mass is 332 g/mol.